The van der Waals surface area contributed by atoms with Gasteiger partial charge in [-0.15, -0.1) is 0 Å². The van der Waals surface area contributed by atoms with Gasteiger partial charge in [0, 0.05) is 24.4 Å². The molecule has 0 radical (unpaired) electrons. The molecule has 1 aromatic heterocycles. The van der Waals surface area contributed by atoms with Crippen molar-refractivity contribution < 1.29 is 14.2 Å². The second-order valence-electron chi connectivity index (χ2n) is 6.74. The Labute approximate surface area is 165 Å². The van der Waals surface area contributed by atoms with E-state index in [1.54, 1.807) is 29.1 Å². The molecular formula is C23H24N3O2+. The molecule has 0 spiro atoms. The van der Waals surface area contributed by atoms with Crippen LogP contribution in [0.2, 0.25) is 0 Å². The zero-order valence-electron chi connectivity index (χ0n) is 16.1. The minimum absolute atomic E-state index is 0.108. The molecule has 0 saturated carbocycles. The van der Waals surface area contributed by atoms with Crippen LogP contribution in [-0.2, 0) is 17.9 Å². The number of hydrogen-bond acceptors (Lipinski definition) is 2. The Morgan fingerprint density at radius 3 is 2.14 bits per heavy atom. The van der Waals surface area contributed by atoms with Crippen LogP contribution in [0.3, 0.4) is 0 Å². The van der Waals surface area contributed by atoms with Gasteiger partial charge in [-0.3, -0.25) is 9.59 Å². The number of pyridine rings is 1. The number of anilines is 1. The molecule has 2 aromatic carbocycles. The Kier molecular flexibility index (Phi) is 6.17. The van der Waals surface area contributed by atoms with E-state index in [9.17, 15) is 9.59 Å². The largest absolute Gasteiger partial charge is 0.348 e. The predicted octanol–water partition coefficient (Wildman–Crippen LogP) is 3.16. The maximum absolute atomic E-state index is 12.4. The van der Waals surface area contributed by atoms with E-state index in [1.807, 2.05) is 62.4 Å². The standard InChI is InChI=1S/C23H23N3O2/c1-17-7-6-8-18(2)22(17)25-21(27)16-26-13-11-20(12-14-26)23(28)24-15-19-9-4-3-5-10-19/h3-14H,15-16H2,1-2H3,(H-,24,25,27,28)/p+1. The van der Waals surface area contributed by atoms with Crippen molar-refractivity contribution in [1.29, 1.82) is 0 Å². The molecule has 0 bridgehead atoms. The average molecular weight is 374 g/mol. The molecule has 3 aromatic rings. The van der Waals surface area contributed by atoms with E-state index in [-0.39, 0.29) is 18.4 Å². The van der Waals surface area contributed by atoms with Gasteiger partial charge in [0.1, 0.15) is 0 Å². The molecule has 28 heavy (non-hydrogen) atoms. The summed E-state index contributed by atoms with van der Waals surface area (Å²) in [6.45, 7) is 4.60. The van der Waals surface area contributed by atoms with Crippen LogP contribution < -0.4 is 15.2 Å². The van der Waals surface area contributed by atoms with Crippen molar-refractivity contribution in [3.63, 3.8) is 0 Å². The van der Waals surface area contributed by atoms with Gasteiger partial charge in [-0.2, -0.15) is 4.57 Å². The highest BCUT2D eigenvalue weighted by Crippen LogP contribution is 2.19. The fraction of sp³-hybridized carbons (Fsp3) is 0.174. The molecule has 0 aliphatic heterocycles. The van der Waals surface area contributed by atoms with Gasteiger partial charge in [0.05, 0.1) is 5.56 Å². The number of para-hydroxylation sites is 1. The highest BCUT2D eigenvalue weighted by atomic mass is 16.2. The maximum atomic E-state index is 12.4. The molecule has 0 aliphatic rings. The normalized spacial score (nSPS) is 10.4. The van der Waals surface area contributed by atoms with E-state index in [1.165, 1.54) is 0 Å². The number of nitrogens with one attached hydrogen (secondary N) is 2. The van der Waals surface area contributed by atoms with E-state index in [0.29, 0.717) is 12.1 Å². The first-order valence-corrected chi connectivity index (χ1v) is 9.20. The summed E-state index contributed by atoms with van der Waals surface area (Å²) in [6.07, 6.45) is 3.48. The lowest BCUT2D eigenvalue weighted by atomic mass is 10.1. The third kappa shape index (κ3) is 5.04. The Balaban J connectivity index is 1.56. The van der Waals surface area contributed by atoms with Crippen LogP contribution in [0.5, 0.6) is 0 Å². The Hall–Kier alpha value is -3.47. The summed E-state index contributed by atoms with van der Waals surface area (Å²) in [4.78, 5) is 24.6. The highest BCUT2D eigenvalue weighted by molar-refractivity contribution is 5.94. The molecule has 142 valence electrons. The SMILES string of the molecule is Cc1cccc(C)c1NC(=O)C[n+]1ccc(C(=O)NCc2ccccc2)cc1. The first kappa shape index (κ1) is 19.3. The number of carbonyl (C=O) groups excluding carboxylic acids is 2. The fourth-order valence-electron chi connectivity index (χ4n) is 2.95. The van der Waals surface area contributed by atoms with Gasteiger partial charge in [0.15, 0.2) is 12.4 Å². The number of amides is 2. The van der Waals surface area contributed by atoms with Gasteiger partial charge in [-0.25, -0.2) is 0 Å². The van der Waals surface area contributed by atoms with Crippen LogP contribution in [-0.4, -0.2) is 11.8 Å². The number of nitrogens with zero attached hydrogens (tertiary/aromatic N) is 1. The lowest BCUT2D eigenvalue weighted by Crippen LogP contribution is -2.40. The molecule has 2 N–H and O–H groups in total. The lowest BCUT2D eigenvalue weighted by Gasteiger charge is -2.10. The average Bonchev–Trinajstić information content (AvgIpc) is 2.70. The Bertz CT molecular complexity index is 947. The second kappa shape index (κ2) is 8.95. The van der Waals surface area contributed by atoms with E-state index < -0.39 is 0 Å². The van der Waals surface area contributed by atoms with Crippen molar-refractivity contribution in [1.82, 2.24) is 5.32 Å². The van der Waals surface area contributed by atoms with Crippen LogP contribution in [0.15, 0.2) is 73.1 Å². The molecule has 5 nitrogen and oxygen atoms in total. The van der Waals surface area contributed by atoms with Gasteiger partial charge in [0.25, 0.3) is 11.8 Å². The first-order chi connectivity index (χ1) is 13.5. The van der Waals surface area contributed by atoms with Gasteiger partial charge in [0.2, 0.25) is 6.54 Å². The summed E-state index contributed by atoms with van der Waals surface area (Å²) < 4.78 is 1.75. The van der Waals surface area contributed by atoms with Crippen molar-refractivity contribution in [2.75, 3.05) is 5.32 Å². The molecule has 2 amide bonds. The van der Waals surface area contributed by atoms with E-state index in [0.717, 1.165) is 22.4 Å². The molecule has 3 rings (SSSR count). The van der Waals surface area contributed by atoms with Gasteiger partial charge >= 0.3 is 0 Å². The first-order valence-electron chi connectivity index (χ1n) is 9.20. The second-order valence-corrected chi connectivity index (χ2v) is 6.74. The van der Waals surface area contributed by atoms with Gasteiger partial charge in [-0.1, -0.05) is 48.5 Å². The van der Waals surface area contributed by atoms with Gasteiger partial charge < -0.3 is 10.6 Å². The van der Waals surface area contributed by atoms with E-state index in [4.69, 9.17) is 0 Å². The quantitative estimate of drug-likeness (QED) is 0.651. The number of aryl methyl sites for hydroxylation is 2. The zero-order chi connectivity index (χ0) is 19.9. The third-order valence-electron chi connectivity index (χ3n) is 4.52. The number of benzene rings is 2. The third-order valence-corrected chi connectivity index (χ3v) is 4.52. The summed E-state index contributed by atoms with van der Waals surface area (Å²) in [5.41, 5.74) is 4.52. The van der Waals surface area contributed by atoms with Crippen molar-refractivity contribution in [3.8, 4) is 0 Å². The van der Waals surface area contributed by atoms with Crippen LogP contribution in [0.25, 0.3) is 0 Å². The minimum atomic E-state index is -0.143. The number of aromatic nitrogens is 1. The summed E-state index contributed by atoms with van der Waals surface area (Å²) in [6, 6.07) is 19.1. The number of carbonyl (C=O) groups is 2. The Morgan fingerprint density at radius 1 is 0.857 bits per heavy atom. The minimum Gasteiger partial charge on any atom is -0.348 e. The predicted molar refractivity (Wildman–Crippen MR) is 109 cm³/mol. The topological polar surface area (TPSA) is 62.1 Å². The Morgan fingerprint density at radius 2 is 1.50 bits per heavy atom. The highest BCUT2D eigenvalue weighted by Gasteiger charge is 2.13. The number of hydrogen-bond donors (Lipinski definition) is 2. The molecule has 0 atom stereocenters. The van der Waals surface area contributed by atoms with Crippen molar-refractivity contribution in [3.05, 3.63) is 95.3 Å². The van der Waals surface area contributed by atoms with Crippen molar-refractivity contribution in [2.24, 2.45) is 0 Å². The van der Waals surface area contributed by atoms with Crippen LogP contribution >= 0.6 is 0 Å². The van der Waals surface area contributed by atoms with Crippen LogP contribution in [0, 0.1) is 13.8 Å². The summed E-state index contributed by atoms with van der Waals surface area (Å²) in [5.74, 6) is -0.250. The summed E-state index contributed by atoms with van der Waals surface area (Å²) >= 11 is 0. The molecule has 0 unspecified atom stereocenters. The fourth-order valence-corrected chi connectivity index (χ4v) is 2.95. The molecule has 1 heterocycles. The molecule has 0 saturated heterocycles. The molecular weight excluding hydrogens is 350 g/mol. The summed E-state index contributed by atoms with van der Waals surface area (Å²) in [5, 5.41) is 5.86. The lowest BCUT2D eigenvalue weighted by molar-refractivity contribution is -0.684. The smallest absolute Gasteiger partial charge is 0.290 e. The van der Waals surface area contributed by atoms with Gasteiger partial charge in [-0.05, 0) is 30.5 Å². The zero-order valence-corrected chi connectivity index (χ0v) is 16.1. The van der Waals surface area contributed by atoms with E-state index in [2.05, 4.69) is 10.6 Å². The van der Waals surface area contributed by atoms with Crippen molar-refractivity contribution in [2.45, 2.75) is 26.9 Å². The molecule has 5 heteroatoms. The van der Waals surface area contributed by atoms with Crippen LogP contribution in [0.4, 0.5) is 5.69 Å². The molecule has 0 fully saturated rings. The number of rotatable bonds is 6. The summed E-state index contributed by atoms with van der Waals surface area (Å²) in [7, 11) is 0. The monoisotopic (exact) mass is 374 g/mol. The van der Waals surface area contributed by atoms with Crippen molar-refractivity contribution >= 4 is 17.5 Å². The molecule has 0 aliphatic carbocycles. The van der Waals surface area contributed by atoms with E-state index >= 15 is 0 Å². The van der Waals surface area contributed by atoms with Crippen LogP contribution in [0.1, 0.15) is 27.0 Å². The maximum Gasteiger partial charge on any atom is 0.290 e.